The first-order valence-electron chi connectivity index (χ1n) is 10.5. The number of fused-ring (bicyclic) bond motifs is 1. The summed E-state index contributed by atoms with van der Waals surface area (Å²) in [5.74, 6) is 2.53. The molecular formula is C24H32N2O2. The number of nitrogens with zero attached hydrogens (tertiary/aromatic N) is 1. The van der Waals surface area contributed by atoms with Crippen molar-refractivity contribution in [1.82, 2.24) is 5.32 Å². The van der Waals surface area contributed by atoms with Crippen LogP contribution in [0.3, 0.4) is 0 Å². The maximum Gasteiger partial charge on any atom is 0.119 e. The van der Waals surface area contributed by atoms with Gasteiger partial charge < -0.3 is 14.8 Å². The third-order valence-electron chi connectivity index (χ3n) is 5.12. The first-order chi connectivity index (χ1) is 13.8. The van der Waals surface area contributed by atoms with Crippen molar-refractivity contribution in [3.63, 3.8) is 0 Å². The van der Waals surface area contributed by atoms with Crippen molar-refractivity contribution in [3.8, 4) is 11.5 Å². The van der Waals surface area contributed by atoms with Crippen LogP contribution in [0.5, 0.6) is 11.5 Å². The average molecular weight is 381 g/mol. The Morgan fingerprint density at radius 1 is 1.00 bits per heavy atom. The van der Waals surface area contributed by atoms with Crippen LogP contribution < -0.4 is 14.8 Å². The zero-order chi connectivity index (χ0) is 19.6. The fourth-order valence-electron chi connectivity index (χ4n) is 3.57. The maximum absolute atomic E-state index is 5.84. The van der Waals surface area contributed by atoms with Crippen LogP contribution in [-0.2, 0) is 0 Å². The van der Waals surface area contributed by atoms with Crippen LogP contribution in [0.15, 0.2) is 65.5 Å². The standard InChI is InChI=1S/C24H32N2O2/c1-3-4-5-6-17-27-20-10-12-21(13-11-20)28-18-16-26-23-14-15-25-22-9-7-8-19(2)24(22)23/h7-15,19,24-25H,3-6,16-18H2,1-2H3/t19?,24-/m1/s1. The van der Waals surface area contributed by atoms with Gasteiger partial charge >= 0.3 is 0 Å². The average Bonchev–Trinajstić information content (AvgIpc) is 2.72. The van der Waals surface area contributed by atoms with Gasteiger partial charge in [-0.1, -0.05) is 45.3 Å². The predicted molar refractivity (Wildman–Crippen MR) is 116 cm³/mol. The molecule has 0 aromatic heterocycles. The summed E-state index contributed by atoms with van der Waals surface area (Å²) in [5.41, 5.74) is 2.35. The fourth-order valence-corrected chi connectivity index (χ4v) is 3.57. The minimum absolute atomic E-state index is 0.323. The minimum Gasteiger partial charge on any atom is -0.494 e. The number of unbranched alkanes of at least 4 members (excludes halogenated alkanes) is 3. The molecule has 1 aliphatic carbocycles. The summed E-state index contributed by atoms with van der Waals surface area (Å²) in [4.78, 5) is 4.78. The van der Waals surface area contributed by atoms with Gasteiger partial charge in [0.25, 0.3) is 0 Å². The second-order valence-electron chi connectivity index (χ2n) is 7.36. The van der Waals surface area contributed by atoms with Gasteiger partial charge in [-0.15, -0.1) is 0 Å². The zero-order valence-electron chi connectivity index (χ0n) is 17.1. The van der Waals surface area contributed by atoms with E-state index in [2.05, 4.69) is 43.5 Å². The van der Waals surface area contributed by atoms with E-state index in [-0.39, 0.29) is 0 Å². The fraction of sp³-hybridized carbons (Fsp3) is 0.458. The van der Waals surface area contributed by atoms with E-state index >= 15 is 0 Å². The van der Waals surface area contributed by atoms with Crippen molar-refractivity contribution in [3.05, 3.63) is 60.5 Å². The van der Waals surface area contributed by atoms with Gasteiger partial charge in [0, 0.05) is 23.5 Å². The van der Waals surface area contributed by atoms with E-state index in [4.69, 9.17) is 14.5 Å². The zero-order valence-corrected chi connectivity index (χ0v) is 17.1. The van der Waals surface area contributed by atoms with Crippen LogP contribution >= 0.6 is 0 Å². The van der Waals surface area contributed by atoms with Gasteiger partial charge in [0.05, 0.1) is 13.2 Å². The van der Waals surface area contributed by atoms with Gasteiger partial charge in [0.15, 0.2) is 0 Å². The maximum atomic E-state index is 5.84. The molecule has 0 fully saturated rings. The van der Waals surface area contributed by atoms with Crippen molar-refractivity contribution in [2.24, 2.45) is 16.8 Å². The van der Waals surface area contributed by atoms with E-state index in [0.717, 1.165) is 30.2 Å². The highest BCUT2D eigenvalue weighted by Gasteiger charge is 2.27. The summed E-state index contributed by atoms with van der Waals surface area (Å²) in [7, 11) is 0. The molecule has 0 radical (unpaired) electrons. The Morgan fingerprint density at radius 2 is 1.75 bits per heavy atom. The minimum atomic E-state index is 0.323. The highest BCUT2D eigenvalue weighted by molar-refractivity contribution is 6.00. The van der Waals surface area contributed by atoms with Gasteiger partial charge in [0.2, 0.25) is 0 Å². The molecule has 3 rings (SSSR count). The van der Waals surface area contributed by atoms with Crippen LogP contribution in [0.1, 0.15) is 39.5 Å². The number of allylic oxidation sites excluding steroid dienone is 5. The third-order valence-corrected chi connectivity index (χ3v) is 5.12. The molecule has 4 heteroatoms. The number of hydrogen-bond donors (Lipinski definition) is 1. The van der Waals surface area contributed by atoms with E-state index in [1.54, 1.807) is 0 Å². The molecule has 1 N–H and O–H groups in total. The lowest BCUT2D eigenvalue weighted by Crippen LogP contribution is -2.33. The summed E-state index contributed by atoms with van der Waals surface area (Å²) in [6.07, 6.45) is 15.4. The Morgan fingerprint density at radius 3 is 2.50 bits per heavy atom. The molecule has 0 saturated heterocycles. The molecule has 0 bridgehead atoms. The second kappa shape index (κ2) is 10.7. The molecular weight excluding hydrogens is 348 g/mol. The molecule has 0 amide bonds. The Kier molecular flexibility index (Phi) is 7.77. The lowest BCUT2D eigenvalue weighted by molar-refractivity contribution is 0.302. The summed E-state index contributed by atoms with van der Waals surface area (Å²) >= 11 is 0. The normalized spacial score (nSPS) is 21.8. The van der Waals surface area contributed by atoms with Gasteiger partial charge in [-0.3, -0.25) is 4.99 Å². The number of nitrogens with one attached hydrogen (secondary N) is 1. The second-order valence-corrected chi connectivity index (χ2v) is 7.36. The molecule has 2 atom stereocenters. The van der Waals surface area contributed by atoms with Crippen LogP contribution in [0.25, 0.3) is 0 Å². The SMILES string of the molecule is CCCCCCOc1ccc(OCCN=C2C=CNC3=CC=CC(C)[C@H]32)cc1. The van der Waals surface area contributed by atoms with Gasteiger partial charge in [-0.05, 0) is 48.8 Å². The topological polar surface area (TPSA) is 42.9 Å². The molecule has 0 spiro atoms. The summed E-state index contributed by atoms with van der Waals surface area (Å²) in [6, 6.07) is 7.88. The van der Waals surface area contributed by atoms with Crippen LogP contribution in [-0.4, -0.2) is 25.5 Å². The van der Waals surface area contributed by atoms with Gasteiger partial charge in [0.1, 0.15) is 18.1 Å². The Labute approximate surface area is 169 Å². The van der Waals surface area contributed by atoms with E-state index in [9.17, 15) is 0 Å². The highest BCUT2D eigenvalue weighted by atomic mass is 16.5. The summed E-state index contributed by atoms with van der Waals surface area (Å²) < 4.78 is 11.6. The highest BCUT2D eigenvalue weighted by Crippen LogP contribution is 2.28. The Hall–Kier alpha value is -2.49. The van der Waals surface area contributed by atoms with E-state index in [0.29, 0.717) is 25.0 Å². The number of aliphatic imine (C=N–C) groups is 1. The molecule has 2 aliphatic rings. The molecule has 28 heavy (non-hydrogen) atoms. The largest absolute Gasteiger partial charge is 0.494 e. The molecule has 1 unspecified atom stereocenters. The molecule has 1 heterocycles. The molecule has 4 nitrogen and oxygen atoms in total. The molecule has 1 aromatic rings. The number of rotatable bonds is 10. The first-order valence-corrected chi connectivity index (χ1v) is 10.5. The lowest BCUT2D eigenvalue weighted by atomic mass is 9.82. The van der Waals surface area contributed by atoms with Crippen molar-refractivity contribution in [2.45, 2.75) is 39.5 Å². The predicted octanol–water partition coefficient (Wildman–Crippen LogP) is 5.29. The number of hydrogen-bond acceptors (Lipinski definition) is 4. The van der Waals surface area contributed by atoms with Crippen molar-refractivity contribution in [1.29, 1.82) is 0 Å². The number of ether oxygens (including phenoxy) is 2. The molecule has 150 valence electrons. The van der Waals surface area contributed by atoms with Crippen molar-refractivity contribution in [2.75, 3.05) is 19.8 Å². The monoisotopic (exact) mass is 380 g/mol. The van der Waals surface area contributed by atoms with Gasteiger partial charge in [-0.2, -0.15) is 0 Å². The van der Waals surface area contributed by atoms with E-state index in [1.165, 1.54) is 25.0 Å². The Balaban J connectivity index is 1.42. The van der Waals surface area contributed by atoms with Crippen molar-refractivity contribution < 1.29 is 9.47 Å². The molecule has 1 aliphatic heterocycles. The summed E-state index contributed by atoms with van der Waals surface area (Å²) in [5, 5.41) is 3.33. The van der Waals surface area contributed by atoms with Crippen LogP contribution in [0.4, 0.5) is 0 Å². The van der Waals surface area contributed by atoms with E-state index in [1.807, 2.05) is 30.5 Å². The van der Waals surface area contributed by atoms with E-state index < -0.39 is 0 Å². The van der Waals surface area contributed by atoms with Crippen LogP contribution in [0.2, 0.25) is 0 Å². The Bertz CT molecular complexity index is 731. The lowest BCUT2D eigenvalue weighted by Gasteiger charge is -2.30. The smallest absolute Gasteiger partial charge is 0.119 e. The van der Waals surface area contributed by atoms with Gasteiger partial charge in [-0.25, -0.2) is 0 Å². The summed E-state index contributed by atoms with van der Waals surface area (Å²) in [6.45, 7) is 6.45. The number of benzene rings is 1. The quantitative estimate of drug-likeness (QED) is 0.561. The first kappa shape index (κ1) is 20.2. The molecule has 1 aromatic carbocycles. The third kappa shape index (κ3) is 5.75. The molecule has 0 saturated carbocycles. The van der Waals surface area contributed by atoms with Crippen molar-refractivity contribution >= 4 is 5.71 Å². The van der Waals surface area contributed by atoms with Crippen LogP contribution in [0, 0.1) is 11.8 Å².